The lowest BCUT2D eigenvalue weighted by atomic mass is 10.2. The van der Waals surface area contributed by atoms with E-state index in [1.807, 2.05) is 24.3 Å². The van der Waals surface area contributed by atoms with E-state index in [2.05, 4.69) is 94.1 Å². The van der Waals surface area contributed by atoms with Gasteiger partial charge in [-0.05, 0) is 42.0 Å². The van der Waals surface area contributed by atoms with Crippen LogP contribution in [0.15, 0.2) is 109 Å². The summed E-state index contributed by atoms with van der Waals surface area (Å²) in [7, 11) is 0. The Morgan fingerprint density at radius 3 is 1.81 bits per heavy atom. The van der Waals surface area contributed by atoms with Crippen LogP contribution < -0.4 is 0 Å². The van der Waals surface area contributed by atoms with Crippen LogP contribution in [-0.2, 0) is 6.54 Å². The minimum absolute atomic E-state index is 0.731. The highest BCUT2D eigenvalue weighted by atomic mass is 15.2. The van der Waals surface area contributed by atoms with Gasteiger partial charge in [0.05, 0.1) is 22.1 Å². The molecule has 31 heavy (non-hydrogen) atoms. The lowest BCUT2D eigenvalue weighted by molar-refractivity contribution is 0.822. The van der Waals surface area contributed by atoms with Gasteiger partial charge in [0.1, 0.15) is 0 Å². The molecule has 0 radical (unpaired) electrons. The number of nitrogens with zero attached hydrogens (tertiary/aromatic N) is 4. The molecule has 0 amide bonds. The number of rotatable bonds is 4. The van der Waals surface area contributed by atoms with Gasteiger partial charge in [-0.15, -0.1) is 0 Å². The first-order chi connectivity index (χ1) is 15.4. The molecule has 0 aliphatic carbocycles. The molecule has 0 bridgehead atoms. The molecule has 148 valence electrons. The molecule has 0 saturated heterocycles. The SMILES string of the molecule is c1ccc(Cn2c(-c3nc4ccccc4n3-c3ccccc3)nc3ccccc32)cc1. The number of benzene rings is 4. The van der Waals surface area contributed by atoms with Crippen molar-refractivity contribution in [2.45, 2.75) is 6.54 Å². The van der Waals surface area contributed by atoms with Gasteiger partial charge < -0.3 is 4.57 Å². The van der Waals surface area contributed by atoms with E-state index in [9.17, 15) is 0 Å². The lowest BCUT2D eigenvalue weighted by Crippen LogP contribution is -2.06. The fraction of sp³-hybridized carbons (Fsp3) is 0.0370. The van der Waals surface area contributed by atoms with Gasteiger partial charge in [-0.25, -0.2) is 9.97 Å². The number of imidazole rings is 2. The predicted molar refractivity (Wildman–Crippen MR) is 125 cm³/mol. The van der Waals surface area contributed by atoms with Gasteiger partial charge >= 0.3 is 0 Å². The number of hydrogen-bond donors (Lipinski definition) is 0. The van der Waals surface area contributed by atoms with Crippen molar-refractivity contribution >= 4 is 22.1 Å². The predicted octanol–water partition coefficient (Wildman–Crippen LogP) is 6.09. The average Bonchev–Trinajstić information content (AvgIpc) is 3.39. The number of hydrogen-bond acceptors (Lipinski definition) is 2. The van der Waals surface area contributed by atoms with E-state index in [1.54, 1.807) is 0 Å². The molecule has 0 fully saturated rings. The van der Waals surface area contributed by atoms with Gasteiger partial charge in [-0.1, -0.05) is 72.8 Å². The normalized spacial score (nSPS) is 11.4. The number of aromatic nitrogens is 4. The van der Waals surface area contributed by atoms with Crippen molar-refractivity contribution in [2.75, 3.05) is 0 Å². The molecule has 6 rings (SSSR count). The molecular formula is C27H20N4. The Hall–Kier alpha value is -4.18. The standard InChI is InChI=1S/C27H20N4/c1-3-11-20(12-4-1)19-30-24-17-9-7-15-22(24)28-26(30)27-29-23-16-8-10-18-25(23)31(27)21-13-5-2-6-14-21/h1-18H,19H2. The summed E-state index contributed by atoms with van der Waals surface area (Å²) in [5, 5.41) is 0. The Kier molecular flexibility index (Phi) is 4.13. The maximum Gasteiger partial charge on any atom is 0.182 e. The van der Waals surface area contributed by atoms with Gasteiger partial charge in [0.25, 0.3) is 0 Å². The third-order valence-electron chi connectivity index (χ3n) is 5.61. The quantitative estimate of drug-likeness (QED) is 0.359. The molecule has 4 nitrogen and oxygen atoms in total. The van der Waals surface area contributed by atoms with Gasteiger partial charge in [0, 0.05) is 12.2 Å². The van der Waals surface area contributed by atoms with Crippen LogP contribution in [0.4, 0.5) is 0 Å². The van der Waals surface area contributed by atoms with E-state index in [4.69, 9.17) is 9.97 Å². The molecule has 0 saturated carbocycles. The largest absolute Gasteiger partial charge is 0.317 e. The first-order valence-electron chi connectivity index (χ1n) is 10.4. The van der Waals surface area contributed by atoms with E-state index >= 15 is 0 Å². The molecule has 0 N–H and O–H groups in total. The van der Waals surface area contributed by atoms with Gasteiger partial charge in [0.2, 0.25) is 0 Å². The fourth-order valence-corrected chi connectivity index (χ4v) is 4.19. The highest BCUT2D eigenvalue weighted by Gasteiger charge is 2.20. The van der Waals surface area contributed by atoms with E-state index < -0.39 is 0 Å². The molecule has 0 spiro atoms. The van der Waals surface area contributed by atoms with Crippen LogP contribution in [0.1, 0.15) is 5.56 Å². The van der Waals surface area contributed by atoms with Crippen molar-refractivity contribution < 1.29 is 0 Å². The third kappa shape index (κ3) is 3.01. The van der Waals surface area contributed by atoms with Gasteiger partial charge in [0.15, 0.2) is 11.6 Å². The second-order valence-corrected chi connectivity index (χ2v) is 7.59. The zero-order chi connectivity index (χ0) is 20.6. The molecule has 4 aromatic carbocycles. The second kappa shape index (κ2) is 7.26. The van der Waals surface area contributed by atoms with Crippen LogP contribution in [0.5, 0.6) is 0 Å². The van der Waals surface area contributed by atoms with Crippen molar-refractivity contribution in [3.63, 3.8) is 0 Å². The third-order valence-corrected chi connectivity index (χ3v) is 5.61. The van der Waals surface area contributed by atoms with E-state index in [1.165, 1.54) is 5.56 Å². The van der Waals surface area contributed by atoms with E-state index in [-0.39, 0.29) is 0 Å². The Labute approximate surface area is 180 Å². The monoisotopic (exact) mass is 400 g/mol. The highest BCUT2D eigenvalue weighted by Crippen LogP contribution is 2.31. The van der Waals surface area contributed by atoms with Crippen molar-refractivity contribution in [3.05, 3.63) is 115 Å². The average molecular weight is 400 g/mol. The van der Waals surface area contributed by atoms with Crippen LogP contribution in [0.2, 0.25) is 0 Å². The van der Waals surface area contributed by atoms with E-state index in [0.717, 1.165) is 45.9 Å². The van der Waals surface area contributed by atoms with Crippen LogP contribution in [0.3, 0.4) is 0 Å². The van der Waals surface area contributed by atoms with Crippen LogP contribution in [0, 0.1) is 0 Å². The second-order valence-electron chi connectivity index (χ2n) is 7.59. The summed E-state index contributed by atoms with van der Waals surface area (Å²) in [5.74, 6) is 1.71. The molecular weight excluding hydrogens is 380 g/mol. The zero-order valence-electron chi connectivity index (χ0n) is 16.9. The molecule has 0 aliphatic heterocycles. The van der Waals surface area contributed by atoms with Crippen LogP contribution >= 0.6 is 0 Å². The van der Waals surface area contributed by atoms with E-state index in [0.29, 0.717) is 0 Å². The molecule has 2 aromatic heterocycles. The van der Waals surface area contributed by atoms with Crippen molar-refractivity contribution in [2.24, 2.45) is 0 Å². The van der Waals surface area contributed by atoms with Crippen molar-refractivity contribution in [3.8, 4) is 17.3 Å². The van der Waals surface area contributed by atoms with Gasteiger partial charge in [-0.3, -0.25) is 4.57 Å². The summed E-state index contributed by atoms with van der Waals surface area (Å²) in [4.78, 5) is 10.1. The molecule has 0 aliphatic rings. The number of para-hydroxylation sites is 5. The first kappa shape index (κ1) is 17.7. The Morgan fingerprint density at radius 2 is 1.06 bits per heavy atom. The molecule has 0 unspecified atom stereocenters. The Balaban J connectivity index is 1.65. The molecule has 4 heteroatoms. The number of fused-ring (bicyclic) bond motifs is 2. The zero-order valence-corrected chi connectivity index (χ0v) is 16.9. The van der Waals surface area contributed by atoms with Gasteiger partial charge in [-0.2, -0.15) is 0 Å². The summed E-state index contributed by atoms with van der Waals surface area (Å²) in [6.45, 7) is 0.731. The highest BCUT2D eigenvalue weighted by molar-refractivity contribution is 5.85. The lowest BCUT2D eigenvalue weighted by Gasteiger charge is -2.12. The van der Waals surface area contributed by atoms with Crippen LogP contribution in [0.25, 0.3) is 39.4 Å². The van der Waals surface area contributed by atoms with Crippen molar-refractivity contribution in [1.29, 1.82) is 0 Å². The molecule has 2 heterocycles. The molecule has 6 aromatic rings. The summed E-state index contributed by atoms with van der Waals surface area (Å²) in [6, 6.07) is 37.4. The first-order valence-corrected chi connectivity index (χ1v) is 10.4. The summed E-state index contributed by atoms with van der Waals surface area (Å²) in [5.41, 5.74) is 6.41. The Bertz CT molecular complexity index is 1490. The van der Waals surface area contributed by atoms with Crippen LogP contribution in [-0.4, -0.2) is 19.1 Å². The maximum atomic E-state index is 5.04. The van der Waals surface area contributed by atoms with Crippen molar-refractivity contribution in [1.82, 2.24) is 19.1 Å². The Morgan fingerprint density at radius 1 is 0.516 bits per heavy atom. The minimum Gasteiger partial charge on any atom is -0.317 e. The summed E-state index contributed by atoms with van der Waals surface area (Å²) in [6.07, 6.45) is 0. The summed E-state index contributed by atoms with van der Waals surface area (Å²) >= 11 is 0. The minimum atomic E-state index is 0.731. The maximum absolute atomic E-state index is 5.04. The fourth-order valence-electron chi connectivity index (χ4n) is 4.19. The molecule has 0 atom stereocenters. The topological polar surface area (TPSA) is 35.6 Å². The smallest absolute Gasteiger partial charge is 0.182 e. The summed E-state index contributed by atoms with van der Waals surface area (Å²) < 4.78 is 4.48.